The van der Waals surface area contributed by atoms with E-state index in [2.05, 4.69) is 16.8 Å². The van der Waals surface area contributed by atoms with Gasteiger partial charge >= 0.3 is 0 Å². The summed E-state index contributed by atoms with van der Waals surface area (Å²) < 4.78 is 17.8. The van der Waals surface area contributed by atoms with Crippen molar-refractivity contribution in [3.63, 3.8) is 0 Å². The molecule has 0 aliphatic carbocycles. The molecule has 4 heterocycles. The average molecular weight is 346 g/mol. The molecule has 0 N–H and O–H groups in total. The third kappa shape index (κ3) is 4.22. The SMILES string of the molecule is Cc1ccncc1COC1CCOC2(C1)CN(CC1CCOCC1)C2. The van der Waals surface area contributed by atoms with Crippen LogP contribution in [0.5, 0.6) is 0 Å². The summed E-state index contributed by atoms with van der Waals surface area (Å²) in [6, 6.07) is 2.05. The Hall–Kier alpha value is -1.01. The maximum absolute atomic E-state index is 6.21. The molecule has 0 aromatic carbocycles. The summed E-state index contributed by atoms with van der Waals surface area (Å²) in [5.74, 6) is 0.801. The van der Waals surface area contributed by atoms with Crippen LogP contribution in [0.15, 0.2) is 18.5 Å². The first kappa shape index (κ1) is 17.4. The zero-order valence-corrected chi connectivity index (χ0v) is 15.3. The van der Waals surface area contributed by atoms with Gasteiger partial charge in [0, 0.05) is 58.3 Å². The molecule has 4 rings (SSSR count). The van der Waals surface area contributed by atoms with Crippen LogP contribution in [0, 0.1) is 12.8 Å². The molecule has 1 spiro atoms. The van der Waals surface area contributed by atoms with E-state index in [0.29, 0.717) is 12.7 Å². The zero-order chi connectivity index (χ0) is 17.1. The second kappa shape index (κ2) is 7.70. The van der Waals surface area contributed by atoms with Gasteiger partial charge in [0.1, 0.15) is 0 Å². The van der Waals surface area contributed by atoms with Crippen LogP contribution in [0.2, 0.25) is 0 Å². The largest absolute Gasteiger partial charge is 0.381 e. The number of hydrogen-bond donors (Lipinski definition) is 0. The number of hydrogen-bond acceptors (Lipinski definition) is 5. The first-order valence-corrected chi connectivity index (χ1v) is 9.68. The van der Waals surface area contributed by atoms with Gasteiger partial charge in [-0.25, -0.2) is 0 Å². The fraction of sp³-hybridized carbons (Fsp3) is 0.750. The van der Waals surface area contributed by atoms with E-state index in [9.17, 15) is 0 Å². The quantitative estimate of drug-likeness (QED) is 0.820. The van der Waals surface area contributed by atoms with Gasteiger partial charge in [-0.15, -0.1) is 0 Å². The molecule has 138 valence electrons. The van der Waals surface area contributed by atoms with Gasteiger partial charge in [0.05, 0.1) is 18.3 Å². The molecule has 1 unspecified atom stereocenters. The Morgan fingerprint density at radius 3 is 2.88 bits per heavy atom. The number of aryl methyl sites for hydroxylation is 1. The lowest BCUT2D eigenvalue weighted by molar-refractivity contribution is -0.201. The number of aromatic nitrogens is 1. The minimum Gasteiger partial charge on any atom is -0.381 e. The standard InChI is InChI=1S/C20H30N2O3/c1-16-2-6-21-11-18(16)13-24-19-5-9-25-20(10-19)14-22(15-20)12-17-3-7-23-8-4-17/h2,6,11,17,19H,3-5,7-10,12-15H2,1H3. The Morgan fingerprint density at radius 1 is 1.24 bits per heavy atom. The molecular weight excluding hydrogens is 316 g/mol. The summed E-state index contributed by atoms with van der Waals surface area (Å²) in [5, 5.41) is 0. The third-order valence-corrected chi connectivity index (χ3v) is 5.95. The van der Waals surface area contributed by atoms with Gasteiger partial charge in [0.2, 0.25) is 0 Å². The van der Waals surface area contributed by atoms with E-state index >= 15 is 0 Å². The first-order valence-electron chi connectivity index (χ1n) is 9.68. The van der Waals surface area contributed by atoms with Crippen molar-refractivity contribution in [2.24, 2.45) is 5.92 Å². The van der Waals surface area contributed by atoms with Crippen molar-refractivity contribution in [2.75, 3.05) is 39.5 Å². The summed E-state index contributed by atoms with van der Waals surface area (Å²) in [5.41, 5.74) is 2.48. The highest BCUT2D eigenvalue weighted by Gasteiger charge is 2.48. The predicted molar refractivity (Wildman–Crippen MR) is 95.5 cm³/mol. The lowest BCUT2D eigenvalue weighted by Crippen LogP contribution is -2.66. The van der Waals surface area contributed by atoms with E-state index in [1.165, 1.54) is 30.5 Å². The van der Waals surface area contributed by atoms with Gasteiger partial charge in [0.15, 0.2) is 0 Å². The molecule has 0 bridgehead atoms. The fourth-order valence-electron chi connectivity index (χ4n) is 4.39. The summed E-state index contributed by atoms with van der Waals surface area (Å²) in [7, 11) is 0. The van der Waals surface area contributed by atoms with E-state index in [0.717, 1.165) is 51.7 Å². The van der Waals surface area contributed by atoms with Crippen molar-refractivity contribution in [1.82, 2.24) is 9.88 Å². The number of ether oxygens (including phenoxy) is 3. The van der Waals surface area contributed by atoms with Crippen LogP contribution >= 0.6 is 0 Å². The molecular formula is C20H30N2O3. The van der Waals surface area contributed by atoms with E-state index < -0.39 is 0 Å². The van der Waals surface area contributed by atoms with Crippen LogP contribution in [0.4, 0.5) is 0 Å². The van der Waals surface area contributed by atoms with E-state index in [1.54, 1.807) is 0 Å². The lowest BCUT2D eigenvalue weighted by Gasteiger charge is -2.54. The maximum Gasteiger partial charge on any atom is 0.0959 e. The molecule has 0 radical (unpaired) electrons. The van der Waals surface area contributed by atoms with Gasteiger partial charge in [-0.2, -0.15) is 0 Å². The van der Waals surface area contributed by atoms with E-state index in [1.807, 2.05) is 18.5 Å². The molecule has 1 aromatic rings. The smallest absolute Gasteiger partial charge is 0.0959 e. The van der Waals surface area contributed by atoms with Crippen molar-refractivity contribution in [3.05, 3.63) is 29.6 Å². The fourth-order valence-corrected chi connectivity index (χ4v) is 4.39. The average Bonchev–Trinajstić information content (AvgIpc) is 2.61. The van der Waals surface area contributed by atoms with Crippen LogP contribution in [0.25, 0.3) is 0 Å². The molecule has 1 aromatic heterocycles. The number of rotatable bonds is 5. The molecule has 5 heteroatoms. The lowest BCUT2D eigenvalue weighted by atomic mass is 9.83. The summed E-state index contributed by atoms with van der Waals surface area (Å²) >= 11 is 0. The van der Waals surface area contributed by atoms with Crippen molar-refractivity contribution in [3.8, 4) is 0 Å². The molecule has 3 fully saturated rings. The van der Waals surface area contributed by atoms with Crippen LogP contribution in [0.3, 0.4) is 0 Å². The van der Waals surface area contributed by atoms with Crippen LogP contribution < -0.4 is 0 Å². The van der Waals surface area contributed by atoms with Crippen molar-refractivity contribution in [1.29, 1.82) is 0 Å². The minimum atomic E-state index is 0.0397. The molecule has 3 saturated heterocycles. The number of likely N-dealkylation sites (tertiary alicyclic amines) is 1. The Morgan fingerprint density at radius 2 is 2.08 bits per heavy atom. The molecule has 3 aliphatic rings. The molecule has 5 nitrogen and oxygen atoms in total. The van der Waals surface area contributed by atoms with Gasteiger partial charge in [-0.1, -0.05) is 0 Å². The zero-order valence-electron chi connectivity index (χ0n) is 15.3. The number of nitrogens with zero attached hydrogens (tertiary/aromatic N) is 2. The highest BCUT2D eigenvalue weighted by atomic mass is 16.5. The van der Waals surface area contributed by atoms with Gasteiger partial charge in [0.25, 0.3) is 0 Å². The Balaban J connectivity index is 1.24. The molecule has 1 atom stereocenters. The molecule has 3 aliphatic heterocycles. The van der Waals surface area contributed by atoms with Crippen LogP contribution in [-0.2, 0) is 20.8 Å². The maximum atomic E-state index is 6.21. The highest BCUT2D eigenvalue weighted by Crippen LogP contribution is 2.36. The van der Waals surface area contributed by atoms with Crippen LogP contribution in [0.1, 0.15) is 36.8 Å². The monoisotopic (exact) mass is 346 g/mol. The first-order chi connectivity index (χ1) is 12.2. The summed E-state index contributed by atoms with van der Waals surface area (Å²) in [6.45, 7) is 8.80. The van der Waals surface area contributed by atoms with Crippen molar-refractivity contribution in [2.45, 2.75) is 50.9 Å². The second-order valence-electron chi connectivity index (χ2n) is 7.98. The van der Waals surface area contributed by atoms with Crippen LogP contribution in [-0.4, -0.2) is 61.0 Å². The van der Waals surface area contributed by atoms with Gasteiger partial charge in [-0.05, 0) is 49.3 Å². The Labute approximate surface area is 150 Å². The Kier molecular flexibility index (Phi) is 5.36. The second-order valence-corrected chi connectivity index (χ2v) is 7.98. The van der Waals surface area contributed by atoms with Crippen molar-refractivity contribution < 1.29 is 14.2 Å². The van der Waals surface area contributed by atoms with Crippen molar-refractivity contribution >= 4 is 0 Å². The normalized spacial score (nSPS) is 27.3. The molecule has 25 heavy (non-hydrogen) atoms. The summed E-state index contributed by atoms with van der Waals surface area (Å²) in [4.78, 5) is 6.77. The predicted octanol–water partition coefficient (Wildman–Crippen LogP) is 2.57. The topological polar surface area (TPSA) is 43.8 Å². The van der Waals surface area contributed by atoms with Gasteiger partial charge < -0.3 is 14.2 Å². The molecule has 0 saturated carbocycles. The Bertz CT molecular complexity index is 568. The molecule has 0 amide bonds. The minimum absolute atomic E-state index is 0.0397. The third-order valence-electron chi connectivity index (χ3n) is 5.95. The summed E-state index contributed by atoms with van der Waals surface area (Å²) in [6.07, 6.45) is 8.50. The van der Waals surface area contributed by atoms with E-state index in [-0.39, 0.29) is 5.60 Å². The van der Waals surface area contributed by atoms with Gasteiger partial charge in [-0.3, -0.25) is 9.88 Å². The highest BCUT2D eigenvalue weighted by molar-refractivity contribution is 5.20. The van der Waals surface area contributed by atoms with E-state index in [4.69, 9.17) is 14.2 Å². The number of pyridine rings is 1.